The average molecular weight is 1190 g/mol. The molecule has 2 heteroatoms. The van der Waals surface area contributed by atoms with Crippen molar-refractivity contribution in [2.75, 3.05) is 9.80 Å². The van der Waals surface area contributed by atoms with Gasteiger partial charge in [0.05, 0.1) is 22.7 Å². The molecule has 0 fully saturated rings. The third kappa shape index (κ3) is 12.0. The molecule has 2 nitrogen and oxygen atoms in total. The zero-order valence-electron chi connectivity index (χ0n) is 58.9. The Hall–Kier alpha value is -8.20. The first-order valence-electron chi connectivity index (χ1n) is 35.4. The van der Waals surface area contributed by atoms with Gasteiger partial charge in [0, 0.05) is 49.0 Å². The van der Waals surface area contributed by atoms with Gasteiger partial charge in [0.15, 0.2) is 0 Å². The quantitative estimate of drug-likeness (QED) is 0.149. The Labute approximate surface area is 546 Å². The summed E-state index contributed by atoms with van der Waals surface area (Å²) in [5, 5.41) is 0. The molecule has 468 valence electrons. The Balaban J connectivity index is 0.000000201. The highest BCUT2D eigenvalue weighted by atomic mass is 15.2. The Morgan fingerprint density at radius 1 is 0.189 bits per heavy atom. The van der Waals surface area contributed by atoms with Crippen molar-refractivity contribution in [2.24, 2.45) is 0 Å². The maximum absolute atomic E-state index is 2.61. The molecule has 0 unspecified atom stereocenters. The standard InChI is InChI=1S/2C34H23N.10C2H6/c1-3-10-26-20(6-1)18-29-27(26)14-12-22-19-30-28(32(22)29)15-13-25-17-24-9-5-8-23-16-21-7-2-4-11-31(21)35(33(23)24)34(25)30;1-3-10-28-20(6-1)14-26-19-30-27(18-29(26)28)16-22-12-13-25-17-24-9-5-8-23-15-21-7-2-4-11-31(21)35(33(23)24)34(25)32(22)30;10*1-2/h1-15H,16-19H2;1-13,18-19H,14-17H2;10*1-2H3. The second-order valence-corrected chi connectivity index (χ2v) is 21.0. The van der Waals surface area contributed by atoms with E-state index in [4.69, 9.17) is 0 Å². The maximum atomic E-state index is 2.61. The van der Waals surface area contributed by atoms with Crippen molar-refractivity contribution in [3.05, 3.63) is 271 Å². The molecule has 0 saturated carbocycles. The third-order valence-corrected chi connectivity index (χ3v) is 17.4. The molecule has 0 aromatic heterocycles. The highest BCUT2D eigenvalue weighted by Gasteiger charge is 2.39. The molecule has 0 spiro atoms. The second-order valence-electron chi connectivity index (χ2n) is 21.0. The van der Waals surface area contributed by atoms with E-state index in [1.165, 1.54) is 168 Å². The van der Waals surface area contributed by atoms with Crippen molar-refractivity contribution in [3.63, 3.8) is 0 Å². The molecule has 18 rings (SSSR count). The van der Waals surface area contributed by atoms with E-state index < -0.39 is 0 Å². The molecule has 0 saturated heterocycles. The lowest BCUT2D eigenvalue weighted by Crippen LogP contribution is -2.25. The van der Waals surface area contributed by atoms with E-state index in [-0.39, 0.29) is 0 Å². The van der Waals surface area contributed by atoms with Crippen LogP contribution in [0.5, 0.6) is 0 Å². The summed E-state index contributed by atoms with van der Waals surface area (Å²) in [6, 6.07) is 69.1. The van der Waals surface area contributed by atoms with Gasteiger partial charge in [-0.25, -0.2) is 0 Å². The van der Waals surface area contributed by atoms with Gasteiger partial charge in [-0.15, -0.1) is 0 Å². The van der Waals surface area contributed by atoms with Gasteiger partial charge < -0.3 is 9.80 Å². The third-order valence-electron chi connectivity index (χ3n) is 17.4. The number of anilines is 6. The minimum atomic E-state index is 1.01. The van der Waals surface area contributed by atoms with Gasteiger partial charge in [-0.3, -0.25) is 0 Å². The molecule has 4 aliphatic carbocycles. The number of hydrogen-bond donors (Lipinski definition) is 0. The predicted molar refractivity (Wildman–Crippen MR) is 400 cm³/mol. The van der Waals surface area contributed by atoms with Gasteiger partial charge in [0.1, 0.15) is 0 Å². The van der Waals surface area contributed by atoms with Crippen molar-refractivity contribution < 1.29 is 0 Å². The topological polar surface area (TPSA) is 6.48 Å². The normalized spacial score (nSPS) is 12.3. The second kappa shape index (κ2) is 32.5. The summed E-state index contributed by atoms with van der Waals surface area (Å²) in [4.78, 5) is 5.22. The van der Waals surface area contributed by atoms with Crippen molar-refractivity contribution in [3.8, 4) is 44.5 Å². The smallest absolute Gasteiger partial charge is 0.0578 e. The fourth-order valence-corrected chi connectivity index (χ4v) is 14.5. The van der Waals surface area contributed by atoms with Gasteiger partial charge >= 0.3 is 0 Å². The Kier molecular flexibility index (Phi) is 25.0. The molecule has 0 amide bonds. The lowest BCUT2D eigenvalue weighted by atomic mass is 9.84. The highest BCUT2D eigenvalue weighted by Crippen LogP contribution is 2.59. The van der Waals surface area contributed by atoms with Crippen molar-refractivity contribution in [2.45, 2.75) is 190 Å². The Morgan fingerprint density at radius 2 is 0.511 bits per heavy atom. The molecule has 0 radical (unpaired) electrons. The number of para-hydroxylation sites is 4. The van der Waals surface area contributed by atoms with E-state index in [2.05, 4.69) is 192 Å². The zero-order valence-corrected chi connectivity index (χ0v) is 58.9. The van der Waals surface area contributed by atoms with Crippen LogP contribution in [0, 0.1) is 0 Å². The van der Waals surface area contributed by atoms with Crippen LogP contribution in [-0.2, 0) is 51.4 Å². The molecule has 0 N–H and O–H groups in total. The number of nitrogens with zero attached hydrogens (tertiary/aromatic N) is 2. The largest absolute Gasteiger partial charge is 0.309 e. The van der Waals surface area contributed by atoms with E-state index in [9.17, 15) is 0 Å². The Bertz CT molecular complexity index is 4010. The molecule has 4 aliphatic heterocycles. The molecule has 0 bridgehead atoms. The summed E-state index contributed by atoms with van der Waals surface area (Å²) >= 11 is 0. The number of hydrogen-bond acceptors (Lipinski definition) is 2. The average Bonchev–Trinajstić information content (AvgIpc) is 1.30. The molecule has 0 atom stereocenters. The predicted octanol–water partition coefficient (Wildman–Crippen LogP) is 26.5. The monoisotopic (exact) mass is 1190 g/mol. The molecule has 10 aromatic rings. The van der Waals surface area contributed by atoms with Crippen LogP contribution in [0.15, 0.2) is 182 Å². The van der Waals surface area contributed by atoms with Crippen LogP contribution in [0.4, 0.5) is 34.1 Å². The van der Waals surface area contributed by atoms with Crippen LogP contribution < -0.4 is 9.80 Å². The zero-order chi connectivity index (χ0) is 65.3. The summed E-state index contributed by atoms with van der Waals surface area (Å²) in [5.74, 6) is 0. The number of benzene rings is 10. The van der Waals surface area contributed by atoms with E-state index in [0.717, 1.165) is 51.4 Å². The molecule has 90 heavy (non-hydrogen) atoms. The minimum Gasteiger partial charge on any atom is -0.309 e. The van der Waals surface area contributed by atoms with E-state index >= 15 is 0 Å². The van der Waals surface area contributed by atoms with E-state index in [0.29, 0.717) is 0 Å². The van der Waals surface area contributed by atoms with Gasteiger partial charge in [-0.1, -0.05) is 296 Å². The molecular formula is C88H106N2. The number of fused-ring (bicyclic) bond motifs is 23. The van der Waals surface area contributed by atoms with Gasteiger partial charge in [-0.2, -0.15) is 0 Å². The van der Waals surface area contributed by atoms with Gasteiger partial charge in [0.2, 0.25) is 0 Å². The number of rotatable bonds is 0. The van der Waals surface area contributed by atoms with E-state index in [1.54, 1.807) is 0 Å². The van der Waals surface area contributed by atoms with Crippen LogP contribution in [0.2, 0.25) is 0 Å². The fourth-order valence-electron chi connectivity index (χ4n) is 14.5. The first-order chi connectivity index (χ1) is 44.7. The van der Waals surface area contributed by atoms with Crippen LogP contribution in [0.1, 0.15) is 227 Å². The maximum Gasteiger partial charge on any atom is 0.0578 e. The fraction of sp³-hybridized carbons (Fsp3) is 0.318. The Morgan fingerprint density at radius 3 is 1.06 bits per heavy atom. The summed E-state index contributed by atoms with van der Waals surface area (Å²) in [5.41, 5.74) is 43.5. The van der Waals surface area contributed by atoms with Crippen LogP contribution in [0.25, 0.3) is 44.5 Å². The highest BCUT2D eigenvalue weighted by molar-refractivity contribution is 6.01. The first kappa shape index (κ1) is 69.3. The van der Waals surface area contributed by atoms with Crippen LogP contribution in [-0.4, -0.2) is 0 Å². The lowest BCUT2D eigenvalue weighted by Gasteiger charge is -2.40. The van der Waals surface area contributed by atoms with Crippen LogP contribution in [0.3, 0.4) is 0 Å². The van der Waals surface area contributed by atoms with Crippen LogP contribution >= 0.6 is 0 Å². The SMILES string of the molecule is CC.CC.CC.CC.CC.CC.CC.CC.CC.CC.c1ccc2c(c1)Cc1c-2ccc2c1-c1ccc3c(c1C2)N1c2ccccc2Cc2cccc(c21)C3.c1ccc2c(c1)Cc1cc3c(cc1-2)Cc1ccc2c(c1-3)N1c3ccccc3Cc3cccc(c31)C2. The summed E-state index contributed by atoms with van der Waals surface area (Å²) < 4.78 is 0. The van der Waals surface area contributed by atoms with Gasteiger partial charge in [0.25, 0.3) is 0 Å². The molecule has 10 aromatic carbocycles. The lowest BCUT2D eigenvalue weighted by molar-refractivity contribution is 1.00. The van der Waals surface area contributed by atoms with Crippen molar-refractivity contribution in [1.82, 2.24) is 0 Å². The summed E-state index contributed by atoms with van der Waals surface area (Å²) in [7, 11) is 0. The minimum absolute atomic E-state index is 1.01. The summed E-state index contributed by atoms with van der Waals surface area (Å²) in [6.45, 7) is 40.0. The van der Waals surface area contributed by atoms with E-state index in [1.807, 2.05) is 138 Å². The molecule has 8 aliphatic rings. The van der Waals surface area contributed by atoms with Gasteiger partial charge in [-0.05, 0) is 171 Å². The molecular weight excluding hydrogens is 1080 g/mol. The van der Waals surface area contributed by atoms with Crippen molar-refractivity contribution in [1.29, 1.82) is 0 Å². The van der Waals surface area contributed by atoms with Crippen molar-refractivity contribution >= 4 is 34.1 Å². The molecule has 4 heterocycles. The first-order valence-corrected chi connectivity index (χ1v) is 35.4. The summed E-state index contributed by atoms with van der Waals surface area (Å²) in [6.07, 6.45) is 8.20.